The minimum Gasteiger partial charge on any atom is -0.492 e. The number of hydrogen-bond donors (Lipinski definition) is 3. The van der Waals surface area contributed by atoms with Crippen LogP contribution in [0.5, 0.6) is 5.75 Å². The van der Waals surface area contributed by atoms with E-state index in [1.807, 2.05) is 37.3 Å². The van der Waals surface area contributed by atoms with E-state index in [9.17, 15) is 14.4 Å². The molecule has 12 nitrogen and oxygen atoms in total. The van der Waals surface area contributed by atoms with E-state index in [0.29, 0.717) is 43.2 Å². The number of nitrogens with two attached hydrogens (primary N) is 3. The largest absolute Gasteiger partial charge is 0.492 e. The quantitative estimate of drug-likeness (QED) is 0.0729. The lowest BCUT2D eigenvalue weighted by molar-refractivity contribution is -0.169. The van der Waals surface area contributed by atoms with Crippen molar-refractivity contribution in [2.45, 2.75) is 58.2 Å². The number of ether oxygens (including phenoxy) is 3. The lowest BCUT2D eigenvalue weighted by atomic mass is 10.1. The smallest absolute Gasteiger partial charge is 0.343 e. The number of hydrogen-bond acceptors (Lipinski definition) is 9. The maximum atomic E-state index is 12.9. The summed E-state index contributed by atoms with van der Waals surface area (Å²) in [6.45, 7) is 4.87. The number of aryl methyl sites for hydroxylation is 1. The zero-order valence-corrected chi connectivity index (χ0v) is 24.6. The molecular formula is C31H40N6O6. The summed E-state index contributed by atoms with van der Waals surface area (Å²) in [7, 11) is 0. The van der Waals surface area contributed by atoms with Gasteiger partial charge in [0.1, 0.15) is 24.2 Å². The molecule has 12 heteroatoms. The summed E-state index contributed by atoms with van der Waals surface area (Å²) in [5.41, 5.74) is 18.6. The molecule has 1 aromatic heterocycles. The van der Waals surface area contributed by atoms with Gasteiger partial charge in [-0.1, -0.05) is 49.4 Å². The highest BCUT2D eigenvalue weighted by Crippen LogP contribution is 2.17. The SMILES string of the molecule is CCOC(Cc1ccc(OCCn2c(CC)nc(-c3ccccc3)cc2=O)cc1)C(=O)OC(=O)[C@@H](N)CCCN=C(N)N. The second-order valence-corrected chi connectivity index (χ2v) is 9.70. The molecule has 1 unspecified atom stereocenters. The molecule has 0 saturated carbocycles. The van der Waals surface area contributed by atoms with Gasteiger partial charge >= 0.3 is 11.9 Å². The fourth-order valence-corrected chi connectivity index (χ4v) is 4.30. The molecule has 230 valence electrons. The average molecular weight is 593 g/mol. The maximum Gasteiger partial charge on any atom is 0.343 e. The molecule has 1 heterocycles. The summed E-state index contributed by atoms with van der Waals surface area (Å²) >= 11 is 0. The number of aromatic nitrogens is 2. The van der Waals surface area contributed by atoms with Crippen LogP contribution in [0.1, 0.15) is 38.1 Å². The number of aliphatic imine (C=N–C) groups is 1. The minimum absolute atomic E-state index is 0.0459. The maximum absolute atomic E-state index is 12.9. The molecule has 3 aromatic rings. The van der Waals surface area contributed by atoms with Crippen LogP contribution in [0.2, 0.25) is 0 Å². The van der Waals surface area contributed by atoms with Gasteiger partial charge in [-0.3, -0.25) is 14.4 Å². The van der Waals surface area contributed by atoms with Crippen LogP contribution >= 0.6 is 0 Å². The van der Waals surface area contributed by atoms with Crippen LogP contribution in [0.3, 0.4) is 0 Å². The minimum atomic E-state index is -0.987. The normalized spacial score (nSPS) is 12.3. The summed E-state index contributed by atoms with van der Waals surface area (Å²) in [5, 5.41) is 0. The summed E-state index contributed by atoms with van der Waals surface area (Å²) in [6, 6.07) is 17.3. The van der Waals surface area contributed by atoms with E-state index in [1.54, 1.807) is 41.8 Å². The van der Waals surface area contributed by atoms with E-state index in [4.69, 9.17) is 31.4 Å². The highest BCUT2D eigenvalue weighted by atomic mass is 16.6. The van der Waals surface area contributed by atoms with Gasteiger partial charge in [0.25, 0.3) is 5.56 Å². The molecule has 0 bridgehead atoms. The van der Waals surface area contributed by atoms with Crippen LogP contribution in [-0.2, 0) is 38.4 Å². The molecule has 2 atom stereocenters. The molecular weight excluding hydrogens is 552 g/mol. The molecule has 0 radical (unpaired) electrons. The van der Waals surface area contributed by atoms with Gasteiger partial charge in [-0.25, -0.2) is 14.6 Å². The number of carbonyl (C=O) groups is 2. The highest BCUT2D eigenvalue weighted by Gasteiger charge is 2.26. The van der Waals surface area contributed by atoms with Gasteiger partial charge in [0.15, 0.2) is 12.1 Å². The fraction of sp³-hybridized carbons (Fsp3) is 0.387. The Labute approximate surface area is 250 Å². The Kier molecular flexibility index (Phi) is 12.9. The topological polar surface area (TPSA) is 187 Å². The van der Waals surface area contributed by atoms with Crippen LogP contribution in [0.25, 0.3) is 11.3 Å². The molecule has 6 N–H and O–H groups in total. The average Bonchev–Trinajstić information content (AvgIpc) is 3.00. The van der Waals surface area contributed by atoms with Gasteiger partial charge in [-0.2, -0.15) is 0 Å². The fourth-order valence-electron chi connectivity index (χ4n) is 4.30. The van der Waals surface area contributed by atoms with Crippen molar-refractivity contribution >= 4 is 17.9 Å². The van der Waals surface area contributed by atoms with Gasteiger partial charge < -0.3 is 31.4 Å². The number of carbonyl (C=O) groups excluding carboxylic acids is 2. The van der Waals surface area contributed by atoms with Gasteiger partial charge in [0.05, 0.1) is 12.2 Å². The van der Waals surface area contributed by atoms with Crippen molar-refractivity contribution in [2.24, 2.45) is 22.2 Å². The molecule has 0 aliphatic carbocycles. The van der Waals surface area contributed by atoms with Crippen molar-refractivity contribution in [2.75, 3.05) is 19.8 Å². The van der Waals surface area contributed by atoms with Crippen molar-refractivity contribution in [3.05, 3.63) is 82.4 Å². The molecule has 3 rings (SSSR count). The monoisotopic (exact) mass is 592 g/mol. The van der Waals surface area contributed by atoms with Crippen LogP contribution in [0, 0.1) is 0 Å². The van der Waals surface area contributed by atoms with Gasteiger partial charge in [0.2, 0.25) is 0 Å². The van der Waals surface area contributed by atoms with Crippen molar-refractivity contribution in [3.8, 4) is 17.0 Å². The lowest BCUT2D eigenvalue weighted by Crippen LogP contribution is -2.38. The number of nitrogens with zero attached hydrogens (tertiary/aromatic N) is 3. The molecule has 0 amide bonds. The first-order chi connectivity index (χ1) is 20.7. The Hall–Kier alpha value is -4.55. The third kappa shape index (κ3) is 10.3. The van der Waals surface area contributed by atoms with Crippen LogP contribution in [0.4, 0.5) is 0 Å². The van der Waals surface area contributed by atoms with Crippen LogP contribution < -0.4 is 27.5 Å². The predicted molar refractivity (Wildman–Crippen MR) is 163 cm³/mol. The predicted octanol–water partition coefficient (Wildman–Crippen LogP) is 1.95. The second-order valence-electron chi connectivity index (χ2n) is 9.70. The Morgan fingerprint density at radius 3 is 2.40 bits per heavy atom. The van der Waals surface area contributed by atoms with Crippen LogP contribution in [0.15, 0.2) is 70.5 Å². The third-order valence-corrected chi connectivity index (χ3v) is 6.50. The molecule has 0 fully saturated rings. The Bertz CT molecular complexity index is 1420. The van der Waals surface area contributed by atoms with Gasteiger partial charge in [-0.15, -0.1) is 0 Å². The van der Waals surface area contributed by atoms with E-state index in [-0.39, 0.29) is 37.6 Å². The third-order valence-electron chi connectivity index (χ3n) is 6.50. The van der Waals surface area contributed by atoms with Crippen molar-refractivity contribution < 1.29 is 23.8 Å². The molecule has 0 aliphatic heterocycles. The Morgan fingerprint density at radius 1 is 1.02 bits per heavy atom. The first kappa shape index (κ1) is 33.0. The van der Waals surface area contributed by atoms with Crippen LogP contribution in [-0.4, -0.2) is 59.4 Å². The van der Waals surface area contributed by atoms with E-state index >= 15 is 0 Å². The molecule has 43 heavy (non-hydrogen) atoms. The van der Waals surface area contributed by atoms with Crippen molar-refractivity contribution in [1.82, 2.24) is 9.55 Å². The van der Waals surface area contributed by atoms with Crippen molar-refractivity contribution in [1.29, 1.82) is 0 Å². The summed E-state index contributed by atoms with van der Waals surface area (Å²) in [5.74, 6) is -0.407. The molecule has 2 aromatic carbocycles. The zero-order valence-electron chi connectivity index (χ0n) is 24.6. The standard InChI is InChI=1S/C31H40N6O6/c1-3-27-36-25(22-9-6-5-7-10-22)20-28(38)37(27)17-18-42-23-14-12-21(13-15-23)19-26(41-4-2)30(40)43-29(39)24(32)11-8-16-35-31(33)34/h5-7,9-10,12-15,20,24,26H,3-4,8,11,16-19,32H2,1-2H3,(H4,33,34,35)/t24-,26?/m0/s1. The summed E-state index contributed by atoms with van der Waals surface area (Å²) in [4.78, 5) is 46.3. The number of guanidine groups is 1. The summed E-state index contributed by atoms with van der Waals surface area (Å²) < 4.78 is 18.0. The van der Waals surface area contributed by atoms with E-state index in [1.165, 1.54) is 0 Å². The molecule has 0 saturated heterocycles. The number of rotatable bonds is 16. The Balaban J connectivity index is 1.53. The number of benzene rings is 2. The van der Waals surface area contributed by atoms with E-state index < -0.39 is 24.1 Å². The number of esters is 2. The van der Waals surface area contributed by atoms with Gasteiger partial charge in [0, 0.05) is 37.6 Å². The van der Waals surface area contributed by atoms with E-state index in [2.05, 4.69) is 9.98 Å². The molecule has 0 aliphatic rings. The molecule has 0 spiro atoms. The second kappa shape index (κ2) is 16.8. The van der Waals surface area contributed by atoms with Crippen molar-refractivity contribution in [3.63, 3.8) is 0 Å². The lowest BCUT2D eigenvalue weighted by Gasteiger charge is -2.17. The van der Waals surface area contributed by atoms with E-state index in [0.717, 1.165) is 11.1 Å². The first-order valence-corrected chi connectivity index (χ1v) is 14.3. The van der Waals surface area contributed by atoms with Gasteiger partial charge in [-0.05, 0) is 37.5 Å². The first-order valence-electron chi connectivity index (χ1n) is 14.3. The zero-order chi connectivity index (χ0) is 31.2. The summed E-state index contributed by atoms with van der Waals surface area (Å²) in [6.07, 6.45) is 0.521. The Morgan fingerprint density at radius 2 is 1.74 bits per heavy atom. The highest BCUT2D eigenvalue weighted by molar-refractivity contribution is 5.90.